The molecule has 0 amide bonds. The highest BCUT2D eigenvalue weighted by atomic mass is 35.5. The molecule has 5 heteroatoms. The summed E-state index contributed by atoms with van der Waals surface area (Å²) >= 11 is 6.01. The van der Waals surface area contributed by atoms with E-state index in [0.717, 1.165) is 22.6 Å². The van der Waals surface area contributed by atoms with Crippen LogP contribution in [0.4, 0.5) is 5.69 Å². The number of nitrogens with two attached hydrogens (primary N) is 1. The van der Waals surface area contributed by atoms with Gasteiger partial charge >= 0.3 is 0 Å². The summed E-state index contributed by atoms with van der Waals surface area (Å²) in [5.41, 5.74) is 9.12. The lowest BCUT2D eigenvalue weighted by atomic mass is 10.1. The molecule has 0 aliphatic rings. The summed E-state index contributed by atoms with van der Waals surface area (Å²) < 4.78 is 1.91. The van der Waals surface area contributed by atoms with Crippen molar-refractivity contribution >= 4 is 28.5 Å². The monoisotopic (exact) mass is 258 g/mol. The van der Waals surface area contributed by atoms with E-state index in [1.165, 1.54) is 0 Å². The number of halogens is 1. The van der Waals surface area contributed by atoms with Crippen molar-refractivity contribution in [1.29, 1.82) is 0 Å². The van der Waals surface area contributed by atoms with Crippen LogP contribution < -0.4 is 5.73 Å². The average molecular weight is 259 g/mol. The Morgan fingerprint density at radius 2 is 2.11 bits per heavy atom. The van der Waals surface area contributed by atoms with Crippen LogP contribution in [0.2, 0.25) is 5.02 Å². The summed E-state index contributed by atoms with van der Waals surface area (Å²) in [6, 6.07) is 9.15. The molecule has 2 aromatic heterocycles. The number of nitrogen functional groups attached to an aromatic ring is 1. The van der Waals surface area contributed by atoms with Gasteiger partial charge in [-0.3, -0.25) is 0 Å². The molecule has 0 unspecified atom stereocenters. The topological polar surface area (TPSA) is 56.7 Å². The zero-order chi connectivity index (χ0) is 12.7. The van der Waals surface area contributed by atoms with Gasteiger partial charge in [0.25, 0.3) is 0 Å². The fourth-order valence-corrected chi connectivity index (χ4v) is 2.16. The number of fused-ring (bicyclic) bond motifs is 1. The standard InChI is InChI=1S/C13H11ClN4/c1-18-12(9-7-8(14)4-5-10(9)15)17-11-3-2-6-16-13(11)18/h2-7H,15H2,1H3. The molecular weight excluding hydrogens is 248 g/mol. The van der Waals surface area contributed by atoms with E-state index >= 15 is 0 Å². The summed E-state index contributed by atoms with van der Waals surface area (Å²) in [6.45, 7) is 0. The zero-order valence-corrected chi connectivity index (χ0v) is 10.5. The molecule has 0 atom stereocenters. The van der Waals surface area contributed by atoms with Gasteiger partial charge in [-0.25, -0.2) is 9.97 Å². The van der Waals surface area contributed by atoms with Gasteiger partial charge in [-0.05, 0) is 30.3 Å². The molecule has 0 fully saturated rings. The van der Waals surface area contributed by atoms with E-state index in [-0.39, 0.29) is 0 Å². The molecule has 0 saturated carbocycles. The molecule has 4 nitrogen and oxygen atoms in total. The molecule has 90 valence electrons. The molecule has 18 heavy (non-hydrogen) atoms. The van der Waals surface area contributed by atoms with Crippen molar-refractivity contribution in [2.45, 2.75) is 0 Å². The van der Waals surface area contributed by atoms with Crippen LogP contribution in [0.25, 0.3) is 22.6 Å². The lowest BCUT2D eigenvalue weighted by Crippen LogP contribution is -1.97. The van der Waals surface area contributed by atoms with Crippen molar-refractivity contribution in [1.82, 2.24) is 14.5 Å². The van der Waals surface area contributed by atoms with E-state index in [2.05, 4.69) is 9.97 Å². The van der Waals surface area contributed by atoms with Gasteiger partial charge in [-0.1, -0.05) is 11.6 Å². The van der Waals surface area contributed by atoms with Gasteiger partial charge in [-0.15, -0.1) is 0 Å². The Balaban J connectivity index is 2.31. The number of aryl methyl sites for hydroxylation is 1. The molecule has 0 aliphatic carbocycles. The van der Waals surface area contributed by atoms with Crippen LogP contribution in [-0.4, -0.2) is 14.5 Å². The first-order valence-electron chi connectivity index (χ1n) is 5.49. The molecular formula is C13H11ClN4. The largest absolute Gasteiger partial charge is 0.398 e. The van der Waals surface area contributed by atoms with Gasteiger partial charge in [0.05, 0.1) is 0 Å². The SMILES string of the molecule is Cn1c(-c2cc(Cl)ccc2N)nc2cccnc21. The summed E-state index contributed by atoms with van der Waals surface area (Å²) in [5.74, 6) is 0.767. The fraction of sp³-hybridized carbons (Fsp3) is 0.0769. The number of benzene rings is 1. The third-order valence-corrected chi connectivity index (χ3v) is 3.12. The smallest absolute Gasteiger partial charge is 0.159 e. The summed E-state index contributed by atoms with van der Waals surface area (Å²) in [4.78, 5) is 8.85. The normalized spacial score (nSPS) is 11.0. The minimum absolute atomic E-state index is 0.638. The number of pyridine rings is 1. The Kier molecular flexibility index (Phi) is 2.45. The number of rotatable bonds is 1. The van der Waals surface area contributed by atoms with Crippen molar-refractivity contribution in [3.63, 3.8) is 0 Å². The number of imidazole rings is 1. The van der Waals surface area contributed by atoms with Gasteiger partial charge in [0.2, 0.25) is 0 Å². The first-order chi connectivity index (χ1) is 8.66. The lowest BCUT2D eigenvalue weighted by molar-refractivity contribution is 0.942. The second-order valence-electron chi connectivity index (χ2n) is 4.07. The summed E-state index contributed by atoms with van der Waals surface area (Å²) in [7, 11) is 1.91. The molecule has 3 aromatic rings. The van der Waals surface area contributed by atoms with E-state index in [4.69, 9.17) is 17.3 Å². The molecule has 0 aliphatic heterocycles. The van der Waals surface area contributed by atoms with Crippen molar-refractivity contribution < 1.29 is 0 Å². The second kappa shape index (κ2) is 3.99. The second-order valence-corrected chi connectivity index (χ2v) is 4.51. The highest BCUT2D eigenvalue weighted by Gasteiger charge is 2.13. The number of aromatic nitrogens is 3. The number of hydrogen-bond donors (Lipinski definition) is 1. The molecule has 0 spiro atoms. The molecule has 2 heterocycles. The van der Waals surface area contributed by atoms with Crippen molar-refractivity contribution in [3.8, 4) is 11.4 Å². The molecule has 2 N–H and O–H groups in total. The predicted molar refractivity (Wildman–Crippen MR) is 73.4 cm³/mol. The van der Waals surface area contributed by atoms with Crippen LogP contribution in [0.15, 0.2) is 36.5 Å². The van der Waals surface area contributed by atoms with Gasteiger partial charge in [0.1, 0.15) is 11.3 Å². The van der Waals surface area contributed by atoms with Crippen molar-refractivity contribution in [3.05, 3.63) is 41.6 Å². The molecule has 0 bridgehead atoms. The highest BCUT2D eigenvalue weighted by molar-refractivity contribution is 6.31. The van der Waals surface area contributed by atoms with Gasteiger partial charge in [-0.2, -0.15) is 0 Å². The minimum atomic E-state index is 0.638. The maximum absolute atomic E-state index is 6.01. The highest BCUT2D eigenvalue weighted by Crippen LogP contribution is 2.29. The molecule has 3 rings (SSSR count). The number of hydrogen-bond acceptors (Lipinski definition) is 3. The van der Waals surface area contributed by atoms with Crippen molar-refractivity contribution in [2.75, 3.05) is 5.73 Å². The van der Waals surface area contributed by atoms with E-state index in [1.54, 1.807) is 18.3 Å². The van der Waals surface area contributed by atoms with E-state index < -0.39 is 0 Å². The Morgan fingerprint density at radius 3 is 2.89 bits per heavy atom. The quantitative estimate of drug-likeness (QED) is 0.683. The van der Waals surface area contributed by atoms with Crippen LogP contribution in [0, 0.1) is 0 Å². The number of nitrogens with zero attached hydrogens (tertiary/aromatic N) is 3. The van der Waals surface area contributed by atoms with Crippen LogP contribution in [-0.2, 0) is 7.05 Å². The van der Waals surface area contributed by atoms with E-state index in [0.29, 0.717) is 10.7 Å². The van der Waals surface area contributed by atoms with Crippen LogP contribution in [0.1, 0.15) is 0 Å². The third kappa shape index (κ3) is 1.62. The van der Waals surface area contributed by atoms with Crippen LogP contribution in [0.3, 0.4) is 0 Å². The first kappa shape index (κ1) is 11.0. The third-order valence-electron chi connectivity index (χ3n) is 2.88. The van der Waals surface area contributed by atoms with Gasteiger partial charge < -0.3 is 10.3 Å². The van der Waals surface area contributed by atoms with Gasteiger partial charge in [0, 0.05) is 29.5 Å². The Morgan fingerprint density at radius 1 is 1.28 bits per heavy atom. The number of anilines is 1. The van der Waals surface area contributed by atoms with Crippen molar-refractivity contribution in [2.24, 2.45) is 7.05 Å². The first-order valence-corrected chi connectivity index (χ1v) is 5.87. The van der Waals surface area contributed by atoms with E-state index in [9.17, 15) is 0 Å². The molecule has 0 saturated heterocycles. The average Bonchev–Trinajstić information content (AvgIpc) is 2.71. The summed E-state index contributed by atoms with van der Waals surface area (Å²) in [5, 5.41) is 0.638. The van der Waals surface area contributed by atoms with Gasteiger partial charge in [0.15, 0.2) is 5.65 Å². The predicted octanol–water partition coefficient (Wildman–Crippen LogP) is 2.87. The fourth-order valence-electron chi connectivity index (χ4n) is 1.99. The Labute approximate surface area is 109 Å². The minimum Gasteiger partial charge on any atom is -0.398 e. The van der Waals surface area contributed by atoms with E-state index in [1.807, 2.05) is 29.8 Å². The maximum Gasteiger partial charge on any atom is 0.159 e. The zero-order valence-electron chi connectivity index (χ0n) is 9.76. The molecule has 1 aromatic carbocycles. The van der Waals surface area contributed by atoms with Crippen LogP contribution in [0.5, 0.6) is 0 Å². The van der Waals surface area contributed by atoms with Crippen LogP contribution >= 0.6 is 11.6 Å². The molecule has 0 radical (unpaired) electrons. The Bertz CT molecular complexity index is 733. The Hall–Kier alpha value is -2.07. The lowest BCUT2D eigenvalue weighted by Gasteiger charge is -2.06. The maximum atomic E-state index is 6.01. The summed E-state index contributed by atoms with van der Waals surface area (Å²) in [6.07, 6.45) is 1.75.